The number of carbonyl (C=O) groups is 1. The molecule has 21 heavy (non-hydrogen) atoms. The van der Waals surface area contributed by atoms with E-state index < -0.39 is 0 Å². The van der Waals surface area contributed by atoms with Crippen molar-refractivity contribution in [2.24, 2.45) is 5.92 Å². The largest absolute Gasteiger partial charge is 0.466 e. The molecule has 0 amide bonds. The minimum atomic E-state index is -0.291. The molecule has 2 nitrogen and oxygen atoms in total. The molecule has 0 aromatic rings. The van der Waals surface area contributed by atoms with Gasteiger partial charge in [0.2, 0.25) is 0 Å². The second-order valence-corrected chi connectivity index (χ2v) is 7.45. The van der Waals surface area contributed by atoms with E-state index in [1.165, 1.54) is 38.9 Å². The molecule has 0 saturated heterocycles. The fourth-order valence-corrected chi connectivity index (χ4v) is 2.78. The fraction of sp³-hybridized carbons (Fsp3) is 0.722. The number of rotatable bonds is 10. The van der Waals surface area contributed by atoms with Gasteiger partial charge in [0, 0.05) is 10.8 Å². The first kappa shape index (κ1) is 20.3. The van der Waals surface area contributed by atoms with Gasteiger partial charge in [-0.2, -0.15) is 11.8 Å². The molecule has 3 heteroatoms. The summed E-state index contributed by atoms with van der Waals surface area (Å²) in [7, 11) is 1.40. The van der Waals surface area contributed by atoms with Crippen LogP contribution in [-0.2, 0) is 9.53 Å². The topological polar surface area (TPSA) is 26.3 Å². The molecular formula is C18H32O2S. The molecular weight excluding hydrogens is 280 g/mol. The Hall–Kier alpha value is -0.700. The quantitative estimate of drug-likeness (QED) is 0.307. The molecule has 0 N–H and O–H groups in total. The molecule has 0 fully saturated rings. The fourth-order valence-electron chi connectivity index (χ4n) is 2.14. The highest BCUT2D eigenvalue weighted by molar-refractivity contribution is 7.99. The number of methoxy groups -OCH3 is 1. The second kappa shape index (κ2) is 10.9. The van der Waals surface area contributed by atoms with Crippen molar-refractivity contribution in [3.63, 3.8) is 0 Å². The smallest absolute Gasteiger partial charge is 0.330 e. The van der Waals surface area contributed by atoms with Gasteiger partial charge in [-0.3, -0.25) is 0 Å². The highest BCUT2D eigenvalue weighted by Gasteiger charge is 2.19. The van der Waals surface area contributed by atoms with E-state index in [0.29, 0.717) is 10.7 Å². The van der Waals surface area contributed by atoms with Crippen molar-refractivity contribution in [2.75, 3.05) is 13.4 Å². The molecule has 0 aromatic heterocycles. The first-order chi connectivity index (χ1) is 9.86. The molecule has 0 bridgehead atoms. The van der Waals surface area contributed by atoms with E-state index in [4.69, 9.17) is 0 Å². The molecule has 2 atom stereocenters. The van der Waals surface area contributed by atoms with Crippen LogP contribution in [0.1, 0.15) is 59.8 Å². The zero-order chi connectivity index (χ0) is 16.3. The Labute approximate surface area is 135 Å². The summed E-state index contributed by atoms with van der Waals surface area (Å²) in [5.41, 5.74) is 0.940. The van der Waals surface area contributed by atoms with E-state index in [2.05, 4.69) is 37.8 Å². The Morgan fingerprint density at radius 3 is 2.62 bits per heavy atom. The number of hydrogen-bond acceptors (Lipinski definition) is 3. The number of carbonyl (C=O) groups excluding carboxylic acids is 1. The average molecular weight is 313 g/mol. The Balaban J connectivity index is 4.03. The summed E-state index contributed by atoms with van der Waals surface area (Å²) in [6, 6.07) is 0. The third-order valence-corrected chi connectivity index (χ3v) is 5.59. The van der Waals surface area contributed by atoms with E-state index in [1.807, 2.05) is 24.8 Å². The van der Waals surface area contributed by atoms with Gasteiger partial charge in [0.1, 0.15) is 0 Å². The molecule has 0 aliphatic heterocycles. The minimum absolute atomic E-state index is 0.291. The van der Waals surface area contributed by atoms with Crippen LogP contribution in [0.2, 0.25) is 0 Å². The number of allylic oxidation sites excluding steroid dienone is 3. The predicted molar refractivity (Wildman–Crippen MR) is 94.8 cm³/mol. The summed E-state index contributed by atoms with van der Waals surface area (Å²) in [6.45, 7) is 8.86. The van der Waals surface area contributed by atoms with Crippen LogP contribution in [0.3, 0.4) is 0 Å². The standard InChI is InChI=1S/C18H32O2S/c1-7-18(4,21-6)13-9-12-15(2)10-8-11-16(3)14-17(19)20-5/h8,11,14-15H,7,9-10,12-13H2,1-6H3/b11-8+,16-14+. The minimum Gasteiger partial charge on any atom is -0.466 e. The van der Waals surface area contributed by atoms with Crippen LogP contribution < -0.4 is 0 Å². The van der Waals surface area contributed by atoms with Gasteiger partial charge in [-0.1, -0.05) is 45.8 Å². The van der Waals surface area contributed by atoms with Crippen molar-refractivity contribution in [3.8, 4) is 0 Å². The van der Waals surface area contributed by atoms with Crippen LogP contribution >= 0.6 is 11.8 Å². The van der Waals surface area contributed by atoms with Gasteiger partial charge in [0.15, 0.2) is 0 Å². The van der Waals surface area contributed by atoms with E-state index in [-0.39, 0.29) is 5.97 Å². The van der Waals surface area contributed by atoms with Gasteiger partial charge < -0.3 is 4.74 Å². The third kappa shape index (κ3) is 9.78. The molecule has 0 aromatic carbocycles. The van der Waals surface area contributed by atoms with Crippen LogP contribution in [0.5, 0.6) is 0 Å². The van der Waals surface area contributed by atoms with Crippen molar-refractivity contribution < 1.29 is 9.53 Å². The maximum Gasteiger partial charge on any atom is 0.330 e. The van der Waals surface area contributed by atoms with Crippen molar-refractivity contribution in [3.05, 3.63) is 23.8 Å². The number of esters is 1. The average Bonchev–Trinajstić information content (AvgIpc) is 2.46. The van der Waals surface area contributed by atoms with E-state index in [0.717, 1.165) is 12.0 Å². The Morgan fingerprint density at radius 1 is 1.43 bits per heavy atom. The normalized spacial score (nSPS) is 16.8. The van der Waals surface area contributed by atoms with Crippen molar-refractivity contribution >= 4 is 17.7 Å². The van der Waals surface area contributed by atoms with Crippen molar-refractivity contribution in [1.82, 2.24) is 0 Å². The van der Waals surface area contributed by atoms with Crippen LogP contribution in [0.15, 0.2) is 23.8 Å². The summed E-state index contributed by atoms with van der Waals surface area (Å²) in [4.78, 5) is 11.1. The molecule has 2 unspecified atom stereocenters. The maximum absolute atomic E-state index is 11.1. The van der Waals surface area contributed by atoms with Crippen LogP contribution in [-0.4, -0.2) is 24.1 Å². The highest BCUT2D eigenvalue weighted by Crippen LogP contribution is 2.32. The lowest BCUT2D eigenvalue weighted by Gasteiger charge is -2.26. The molecule has 0 radical (unpaired) electrons. The Bertz CT molecular complexity index is 354. The summed E-state index contributed by atoms with van der Waals surface area (Å²) < 4.78 is 5.04. The zero-order valence-electron chi connectivity index (χ0n) is 14.6. The van der Waals surface area contributed by atoms with E-state index >= 15 is 0 Å². The van der Waals surface area contributed by atoms with Crippen LogP contribution in [0.4, 0.5) is 0 Å². The summed E-state index contributed by atoms with van der Waals surface area (Å²) in [5, 5.41) is 0. The van der Waals surface area contributed by atoms with Gasteiger partial charge in [0.25, 0.3) is 0 Å². The monoisotopic (exact) mass is 312 g/mol. The summed E-state index contributed by atoms with van der Waals surface area (Å²) >= 11 is 1.99. The highest BCUT2D eigenvalue weighted by atomic mass is 32.2. The molecule has 122 valence electrons. The molecule has 0 spiro atoms. The van der Waals surface area contributed by atoms with Gasteiger partial charge >= 0.3 is 5.97 Å². The second-order valence-electron chi connectivity index (χ2n) is 6.05. The maximum atomic E-state index is 11.1. The first-order valence-electron chi connectivity index (χ1n) is 7.84. The van der Waals surface area contributed by atoms with Crippen LogP contribution in [0.25, 0.3) is 0 Å². The summed E-state index contributed by atoms with van der Waals surface area (Å²) in [5.74, 6) is 0.399. The van der Waals surface area contributed by atoms with Gasteiger partial charge in [-0.15, -0.1) is 0 Å². The third-order valence-electron chi connectivity index (χ3n) is 4.11. The van der Waals surface area contributed by atoms with Crippen LogP contribution in [0, 0.1) is 5.92 Å². The Kier molecular flexibility index (Phi) is 10.6. The van der Waals surface area contributed by atoms with Crippen molar-refractivity contribution in [1.29, 1.82) is 0 Å². The lowest BCUT2D eigenvalue weighted by atomic mass is 9.94. The number of hydrogen-bond donors (Lipinski definition) is 0. The molecule has 0 aliphatic carbocycles. The van der Waals surface area contributed by atoms with Gasteiger partial charge in [-0.05, 0) is 43.9 Å². The van der Waals surface area contributed by atoms with Gasteiger partial charge in [0.05, 0.1) is 7.11 Å². The molecule has 0 saturated carbocycles. The first-order valence-corrected chi connectivity index (χ1v) is 9.07. The predicted octanol–water partition coefficient (Wildman–Crippen LogP) is 5.39. The van der Waals surface area contributed by atoms with Crippen molar-refractivity contribution in [2.45, 2.75) is 64.5 Å². The molecule has 0 aliphatic rings. The number of ether oxygens (including phenoxy) is 1. The number of thioether (sulfide) groups is 1. The molecule has 0 rings (SSSR count). The lowest BCUT2D eigenvalue weighted by molar-refractivity contribution is -0.134. The lowest BCUT2D eigenvalue weighted by Crippen LogP contribution is -2.18. The Morgan fingerprint density at radius 2 is 2.10 bits per heavy atom. The van der Waals surface area contributed by atoms with Gasteiger partial charge in [-0.25, -0.2) is 4.79 Å². The zero-order valence-corrected chi connectivity index (χ0v) is 15.4. The summed E-state index contributed by atoms with van der Waals surface area (Å²) in [6.07, 6.45) is 14.0. The van der Waals surface area contributed by atoms with E-state index in [1.54, 1.807) is 0 Å². The van der Waals surface area contributed by atoms with E-state index in [9.17, 15) is 4.79 Å². The molecule has 0 heterocycles. The SMILES string of the molecule is CCC(C)(CCCC(C)C/C=C/C(C)=C/C(=O)OC)SC.